The normalized spacial score (nSPS) is 12.2. The van der Waals surface area contributed by atoms with Crippen molar-refractivity contribution in [2.24, 2.45) is 0 Å². The summed E-state index contributed by atoms with van der Waals surface area (Å²) in [5.41, 5.74) is 4.71. The zero-order chi connectivity index (χ0) is 38.8. The van der Waals surface area contributed by atoms with E-state index < -0.39 is 17.4 Å². The first kappa shape index (κ1) is 38.3. The molecule has 0 fully saturated rings. The second-order valence-corrected chi connectivity index (χ2v) is 12.5. The van der Waals surface area contributed by atoms with Gasteiger partial charge in [-0.15, -0.1) is 0 Å². The predicted octanol–water partition coefficient (Wildman–Crippen LogP) is 8.19. The van der Waals surface area contributed by atoms with Crippen molar-refractivity contribution in [3.8, 4) is 57.1 Å². The lowest BCUT2D eigenvalue weighted by atomic mass is 9.65. The first-order chi connectivity index (χ1) is 25.5. The third-order valence-electron chi connectivity index (χ3n) is 9.55. The Morgan fingerprint density at radius 3 is 1.11 bits per heavy atom. The predicted molar refractivity (Wildman–Crippen MR) is 203 cm³/mol. The maximum atomic E-state index is 13.1. The molecule has 1 aliphatic carbocycles. The van der Waals surface area contributed by atoms with Gasteiger partial charge in [0.25, 0.3) is 0 Å². The minimum absolute atomic E-state index is 0.142. The van der Waals surface area contributed by atoms with E-state index in [1.54, 1.807) is 28.1 Å². The van der Waals surface area contributed by atoms with Crippen LogP contribution in [0.1, 0.15) is 61.1 Å². The molecule has 0 N–H and O–H groups in total. The molecule has 0 unspecified atom stereocenters. The summed E-state index contributed by atoms with van der Waals surface area (Å²) in [6.07, 6.45) is 0.727. The van der Waals surface area contributed by atoms with Crippen molar-refractivity contribution >= 4 is 11.9 Å². The van der Waals surface area contributed by atoms with Crippen LogP contribution < -0.4 is 37.9 Å². The summed E-state index contributed by atoms with van der Waals surface area (Å²) < 4.78 is 49.6. The van der Waals surface area contributed by atoms with Crippen molar-refractivity contribution in [2.75, 3.05) is 42.7 Å². The van der Waals surface area contributed by atoms with Gasteiger partial charge in [0.1, 0.15) is 11.5 Å². The fourth-order valence-corrected chi connectivity index (χ4v) is 7.43. The summed E-state index contributed by atoms with van der Waals surface area (Å²) in [6.45, 7) is 14.6. The van der Waals surface area contributed by atoms with Crippen molar-refractivity contribution < 1.29 is 47.5 Å². The number of esters is 2. The number of rotatable bonds is 14. The van der Waals surface area contributed by atoms with E-state index in [1.165, 1.54) is 28.4 Å². The van der Waals surface area contributed by atoms with Gasteiger partial charge < -0.3 is 37.9 Å². The van der Waals surface area contributed by atoms with E-state index >= 15 is 0 Å². The summed E-state index contributed by atoms with van der Waals surface area (Å²) in [5, 5.41) is 0. The minimum Gasteiger partial charge on any atom is -0.496 e. The van der Waals surface area contributed by atoms with E-state index in [2.05, 4.69) is 25.3 Å². The second kappa shape index (κ2) is 15.4. The SMILES string of the molecule is C=C(C)C(=O)Oc1c(CC)c(OC)c(C2(c3c(OC)c(CC)c(OC(=O)C(=C)C)c(OC)c3OC)c3ccccc3-c3ccccc32)c(OC)c1OC. The van der Waals surface area contributed by atoms with Crippen LogP contribution >= 0.6 is 0 Å². The van der Waals surface area contributed by atoms with Gasteiger partial charge in [-0.2, -0.15) is 0 Å². The highest BCUT2D eigenvalue weighted by atomic mass is 16.6. The number of carbonyl (C=O) groups excluding carboxylic acids is 2. The van der Waals surface area contributed by atoms with E-state index in [0.29, 0.717) is 46.6 Å². The molecule has 0 radical (unpaired) electrons. The van der Waals surface area contributed by atoms with E-state index in [-0.39, 0.29) is 45.6 Å². The topological polar surface area (TPSA) is 108 Å². The zero-order valence-corrected chi connectivity index (χ0v) is 32.0. The Morgan fingerprint density at radius 1 is 0.509 bits per heavy atom. The molecule has 0 saturated carbocycles. The number of hydrogen-bond donors (Lipinski definition) is 0. The van der Waals surface area contributed by atoms with Gasteiger partial charge in [-0.3, -0.25) is 0 Å². The average Bonchev–Trinajstić information content (AvgIpc) is 3.46. The Labute approximate surface area is 310 Å². The number of ether oxygens (including phenoxy) is 8. The lowest BCUT2D eigenvalue weighted by Crippen LogP contribution is -2.32. The minimum atomic E-state index is -1.36. The van der Waals surface area contributed by atoms with Crippen molar-refractivity contribution in [3.05, 3.63) is 106 Å². The number of fused-ring (bicyclic) bond motifs is 3. The molecule has 0 spiro atoms. The Kier molecular flexibility index (Phi) is 11.1. The standard InChI is InChI=1S/C43H46O10/c1-13-25-33(46-7)31(37(48-9)39(50-11)35(25)52-41(44)23(3)4)43(29-21-17-15-19-27(29)28-20-16-18-22-30(28)43)32-34(47-8)26(14-2)36(53-42(45)24(5)6)40(51-12)38(32)49-10/h15-22H,3,5,13-14H2,1-2,4,6-12H3. The molecule has 10 nitrogen and oxygen atoms in total. The van der Waals surface area contributed by atoms with Crippen molar-refractivity contribution in [1.29, 1.82) is 0 Å². The molecule has 53 heavy (non-hydrogen) atoms. The molecule has 1 aliphatic rings. The van der Waals surface area contributed by atoms with Crippen LogP contribution in [0.25, 0.3) is 11.1 Å². The molecule has 10 heteroatoms. The molecular weight excluding hydrogens is 676 g/mol. The first-order valence-electron chi connectivity index (χ1n) is 17.1. The monoisotopic (exact) mass is 722 g/mol. The number of benzene rings is 4. The van der Waals surface area contributed by atoms with Gasteiger partial charge in [-0.25, -0.2) is 9.59 Å². The van der Waals surface area contributed by atoms with Crippen LogP contribution in [-0.2, 0) is 27.8 Å². The Morgan fingerprint density at radius 2 is 0.830 bits per heavy atom. The summed E-state index contributed by atoms with van der Waals surface area (Å²) in [6, 6.07) is 16.0. The van der Waals surface area contributed by atoms with Gasteiger partial charge >= 0.3 is 11.9 Å². The number of carbonyl (C=O) groups is 2. The molecule has 4 aromatic carbocycles. The molecule has 0 aromatic heterocycles. The van der Waals surface area contributed by atoms with Crippen LogP contribution in [-0.4, -0.2) is 54.6 Å². The highest BCUT2D eigenvalue weighted by Crippen LogP contribution is 2.68. The molecule has 278 valence electrons. The largest absolute Gasteiger partial charge is 0.496 e. The van der Waals surface area contributed by atoms with Gasteiger partial charge in [0.15, 0.2) is 23.0 Å². The maximum Gasteiger partial charge on any atom is 0.338 e. The molecule has 4 aromatic rings. The van der Waals surface area contributed by atoms with E-state index in [4.69, 9.17) is 37.9 Å². The van der Waals surface area contributed by atoms with Gasteiger partial charge in [0.05, 0.1) is 59.2 Å². The van der Waals surface area contributed by atoms with Crippen LogP contribution in [0.15, 0.2) is 72.8 Å². The fourth-order valence-electron chi connectivity index (χ4n) is 7.43. The molecule has 0 aliphatic heterocycles. The van der Waals surface area contributed by atoms with Crippen LogP contribution in [0, 0.1) is 0 Å². The third-order valence-corrected chi connectivity index (χ3v) is 9.55. The van der Waals surface area contributed by atoms with Crippen molar-refractivity contribution in [1.82, 2.24) is 0 Å². The van der Waals surface area contributed by atoms with Crippen LogP contribution in [0.4, 0.5) is 0 Å². The van der Waals surface area contributed by atoms with Gasteiger partial charge in [0, 0.05) is 22.3 Å². The summed E-state index contributed by atoms with van der Waals surface area (Å²) in [4.78, 5) is 26.2. The van der Waals surface area contributed by atoms with E-state index in [1.807, 2.05) is 50.2 Å². The highest BCUT2D eigenvalue weighted by molar-refractivity contribution is 5.94. The molecule has 0 saturated heterocycles. The summed E-state index contributed by atoms with van der Waals surface area (Å²) >= 11 is 0. The fraction of sp³-hybridized carbons (Fsp3) is 0.302. The second-order valence-electron chi connectivity index (χ2n) is 12.5. The molecule has 0 heterocycles. The maximum absolute atomic E-state index is 13.1. The molecule has 0 bridgehead atoms. The molecule has 0 amide bonds. The third kappa shape index (κ3) is 5.82. The van der Waals surface area contributed by atoms with Crippen LogP contribution in [0.3, 0.4) is 0 Å². The van der Waals surface area contributed by atoms with Crippen molar-refractivity contribution in [3.63, 3.8) is 0 Å². The molecule has 5 rings (SSSR count). The Bertz CT molecular complexity index is 1910. The van der Waals surface area contributed by atoms with E-state index in [0.717, 1.165) is 22.3 Å². The quantitative estimate of drug-likeness (QED) is 0.0633. The van der Waals surface area contributed by atoms with E-state index in [9.17, 15) is 9.59 Å². The van der Waals surface area contributed by atoms with Crippen molar-refractivity contribution in [2.45, 2.75) is 46.0 Å². The smallest absolute Gasteiger partial charge is 0.338 e. The van der Waals surface area contributed by atoms with Gasteiger partial charge in [-0.1, -0.05) is 75.5 Å². The highest BCUT2D eigenvalue weighted by Gasteiger charge is 2.55. The average molecular weight is 723 g/mol. The summed E-state index contributed by atoms with van der Waals surface area (Å²) in [7, 11) is 9.12. The molecular formula is C43H46O10. The number of methoxy groups -OCH3 is 6. The van der Waals surface area contributed by atoms with Gasteiger partial charge in [-0.05, 0) is 48.9 Å². The Balaban J connectivity index is 2.18. The van der Waals surface area contributed by atoms with Crippen LogP contribution in [0.2, 0.25) is 0 Å². The lowest BCUT2D eigenvalue weighted by molar-refractivity contribution is -0.131. The lowest BCUT2D eigenvalue weighted by Gasteiger charge is -2.39. The first-order valence-corrected chi connectivity index (χ1v) is 17.1. The Hall–Kier alpha value is -5.90. The summed E-state index contributed by atoms with van der Waals surface area (Å²) in [5.74, 6) is 0.565. The number of hydrogen-bond acceptors (Lipinski definition) is 10. The zero-order valence-electron chi connectivity index (χ0n) is 32.0. The molecule has 0 atom stereocenters. The van der Waals surface area contributed by atoms with Gasteiger partial charge in [0.2, 0.25) is 11.5 Å². The van der Waals surface area contributed by atoms with Crippen LogP contribution in [0.5, 0.6) is 46.0 Å².